The largest absolute Gasteiger partial charge is 0.388 e. The molecule has 1 unspecified atom stereocenters. The Balaban J connectivity index is 2.32. The number of hydrogen-bond acceptors (Lipinski definition) is 3. The first-order valence-electron chi connectivity index (χ1n) is 7.89. The summed E-state index contributed by atoms with van der Waals surface area (Å²) in [5.74, 6) is 0. The van der Waals surface area contributed by atoms with Gasteiger partial charge in [0.25, 0.3) is 0 Å². The minimum Gasteiger partial charge on any atom is -0.388 e. The Morgan fingerprint density at radius 2 is 2.00 bits per heavy atom. The Morgan fingerprint density at radius 3 is 2.70 bits per heavy atom. The van der Waals surface area contributed by atoms with Crippen molar-refractivity contribution in [1.29, 1.82) is 0 Å². The second-order valence-electron chi connectivity index (χ2n) is 5.85. The van der Waals surface area contributed by atoms with Crippen LogP contribution in [0.3, 0.4) is 0 Å². The van der Waals surface area contributed by atoms with E-state index in [1.807, 2.05) is 13.0 Å². The van der Waals surface area contributed by atoms with Gasteiger partial charge in [0.1, 0.15) is 0 Å². The molecule has 3 heteroatoms. The van der Waals surface area contributed by atoms with Gasteiger partial charge in [-0.1, -0.05) is 32.0 Å². The zero-order chi connectivity index (χ0) is 14.5. The molecular formula is C17H28N2O. The minimum absolute atomic E-state index is 0.357. The predicted octanol–water partition coefficient (Wildman–Crippen LogP) is 3.05. The number of hydrogen-bond donors (Lipinski definition) is 1. The van der Waals surface area contributed by atoms with Gasteiger partial charge in [0, 0.05) is 30.4 Å². The lowest BCUT2D eigenvalue weighted by Gasteiger charge is -2.34. The summed E-state index contributed by atoms with van der Waals surface area (Å²) in [6.07, 6.45) is 2.73. The molecule has 0 aliphatic carbocycles. The van der Waals surface area contributed by atoms with Gasteiger partial charge >= 0.3 is 0 Å². The molecule has 1 saturated heterocycles. The second-order valence-corrected chi connectivity index (χ2v) is 5.85. The third kappa shape index (κ3) is 3.33. The molecule has 1 aromatic rings. The van der Waals surface area contributed by atoms with E-state index in [9.17, 15) is 5.11 Å². The summed E-state index contributed by atoms with van der Waals surface area (Å²) in [6.45, 7) is 7.64. The number of benzene rings is 1. The van der Waals surface area contributed by atoms with Crippen LogP contribution in [0.25, 0.3) is 0 Å². The number of likely N-dealkylation sites (N-methyl/N-ethyl adjacent to an activating group) is 1. The van der Waals surface area contributed by atoms with Gasteiger partial charge in [0.15, 0.2) is 0 Å². The lowest BCUT2D eigenvalue weighted by Crippen LogP contribution is -2.40. The van der Waals surface area contributed by atoms with E-state index >= 15 is 0 Å². The van der Waals surface area contributed by atoms with Crippen molar-refractivity contribution in [3.8, 4) is 0 Å². The van der Waals surface area contributed by atoms with Gasteiger partial charge in [-0.05, 0) is 38.9 Å². The average Bonchev–Trinajstić information content (AvgIpc) is 2.67. The Labute approximate surface area is 123 Å². The van der Waals surface area contributed by atoms with Gasteiger partial charge in [-0.15, -0.1) is 0 Å². The van der Waals surface area contributed by atoms with Crippen LogP contribution in [0.4, 0.5) is 5.69 Å². The highest BCUT2D eigenvalue weighted by Crippen LogP contribution is 2.31. The Hall–Kier alpha value is -1.06. The maximum Gasteiger partial charge on any atom is 0.0807 e. The third-order valence-corrected chi connectivity index (χ3v) is 4.37. The molecule has 1 N–H and O–H groups in total. The van der Waals surface area contributed by atoms with Crippen LogP contribution >= 0.6 is 0 Å². The summed E-state index contributed by atoms with van der Waals surface area (Å²) in [7, 11) is 2.21. The highest BCUT2D eigenvalue weighted by molar-refractivity contribution is 5.55. The summed E-state index contributed by atoms with van der Waals surface area (Å²) in [5, 5.41) is 10.3. The molecule has 0 saturated carbocycles. The molecule has 0 radical (unpaired) electrons. The van der Waals surface area contributed by atoms with E-state index in [0.29, 0.717) is 6.04 Å². The van der Waals surface area contributed by atoms with Gasteiger partial charge in [-0.3, -0.25) is 0 Å². The Kier molecular flexibility index (Phi) is 5.44. The van der Waals surface area contributed by atoms with Crippen LogP contribution in [-0.2, 0) is 0 Å². The van der Waals surface area contributed by atoms with Crippen LogP contribution in [0.5, 0.6) is 0 Å². The van der Waals surface area contributed by atoms with Crippen LogP contribution in [0.1, 0.15) is 44.8 Å². The first kappa shape index (κ1) is 15.3. The highest BCUT2D eigenvalue weighted by Gasteiger charge is 2.24. The van der Waals surface area contributed by atoms with Crippen molar-refractivity contribution in [2.24, 2.45) is 0 Å². The number of rotatable bonds is 4. The molecule has 3 nitrogen and oxygen atoms in total. The maximum atomic E-state index is 10.3. The topological polar surface area (TPSA) is 26.7 Å². The van der Waals surface area contributed by atoms with E-state index in [-0.39, 0.29) is 6.10 Å². The van der Waals surface area contributed by atoms with Gasteiger partial charge in [-0.25, -0.2) is 0 Å². The molecule has 112 valence electrons. The van der Waals surface area contributed by atoms with Gasteiger partial charge in [0.05, 0.1) is 6.10 Å². The summed E-state index contributed by atoms with van der Waals surface area (Å²) >= 11 is 0. The molecule has 1 fully saturated rings. The number of aliphatic hydroxyl groups is 1. The standard InChI is InChI=1S/C17H28N2O/c1-4-14-13-18(3)11-8-12-19(14)16-10-7-6-9-15(16)17(20)5-2/h6-7,9-10,14,17,20H,4-5,8,11-13H2,1-3H3/t14?,17-/m1/s1. The normalized spacial score (nSPS) is 22.6. The molecule has 0 amide bonds. The zero-order valence-corrected chi connectivity index (χ0v) is 13.0. The summed E-state index contributed by atoms with van der Waals surface area (Å²) in [5.41, 5.74) is 2.31. The Bertz CT molecular complexity index is 421. The van der Waals surface area contributed by atoms with Crippen LogP contribution < -0.4 is 4.90 Å². The summed E-state index contributed by atoms with van der Waals surface area (Å²) < 4.78 is 0. The van der Waals surface area contributed by atoms with Crippen molar-refractivity contribution in [3.63, 3.8) is 0 Å². The molecule has 2 atom stereocenters. The van der Waals surface area contributed by atoms with Crippen molar-refractivity contribution in [3.05, 3.63) is 29.8 Å². The molecule has 1 aliphatic heterocycles. The third-order valence-electron chi connectivity index (χ3n) is 4.37. The van der Waals surface area contributed by atoms with E-state index in [2.05, 4.69) is 42.0 Å². The lowest BCUT2D eigenvalue weighted by atomic mass is 10.0. The molecule has 0 spiro atoms. The fourth-order valence-electron chi connectivity index (χ4n) is 3.16. The first-order valence-corrected chi connectivity index (χ1v) is 7.89. The minimum atomic E-state index is -0.357. The molecule has 1 heterocycles. The van der Waals surface area contributed by atoms with Crippen LogP contribution in [0, 0.1) is 0 Å². The average molecular weight is 276 g/mol. The second kappa shape index (κ2) is 7.09. The van der Waals surface area contributed by atoms with Crippen molar-refractivity contribution in [2.45, 2.75) is 45.3 Å². The van der Waals surface area contributed by atoms with E-state index in [1.165, 1.54) is 12.1 Å². The number of aliphatic hydroxyl groups excluding tert-OH is 1. The number of nitrogens with zero attached hydrogens (tertiary/aromatic N) is 2. The van der Waals surface area contributed by atoms with Crippen molar-refractivity contribution < 1.29 is 5.11 Å². The number of anilines is 1. The van der Waals surface area contributed by atoms with Crippen molar-refractivity contribution in [2.75, 3.05) is 31.6 Å². The van der Waals surface area contributed by atoms with Gasteiger partial charge in [-0.2, -0.15) is 0 Å². The monoisotopic (exact) mass is 276 g/mol. The van der Waals surface area contributed by atoms with E-state index < -0.39 is 0 Å². The van der Waals surface area contributed by atoms with Gasteiger partial charge in [0.2, 0.25) is 0 Å². The SMILES string of the molecule is CCC1CN(C)CCCN1c1ccccc1[C@H](O)CC. The summed E-state index contributed by atoms with van der Waals surface area (Å²) in [6, 6.07) is 8.89. The van der Waals surface area contributed by atoms with Crippen LogP contribution in [0.2, 0.25) is 0 Å². The molecule has 1 aliphatic rings. The Morgan fingerprint density at radius 1 is 1.25 bits per heavy atom. The highest BCUT2D eigenvalue weighted by atomic mass is 16.3. The number of para-hydroxylation sites is 1. The summed E-state index contributed by atoms with van der Waals surface area (Å²) in [4.78, 5) is 4.94. The molecule has 20 heavy (non-hydrogen) atoms. The fourth-order valence-corrected chi connectivity index (χ4v) is 3.16. The first-order chi connectivity index (χ1) is 9.67. The van der Waals surface area contributed by atoms with E-state index in [0.717, 1.165) is 38.0 Å². The quantitative estimate of drug-likeness (QED) is 0.915. The van der Waals surface area contributed by atoms with E-state index in [1.54, 1.807) is 0 Å². The molecule has 1 aromatic carbocycles. The van der Waals surface area contributed by atoms with E-state index in [4.69, 9.17) is 0 Å². The molecule has 2 rings (SSSR count). The van der Waals surface area contributed by atoms with Gasteiger partial charge < -0.3 is 14.9 Å². The van der Waals surface area contributed by atoms with Crippen LogP contribution in [0.15, 0.2) is 24.3 Å². The molecule has 0 bridgehead atoms. The maximum absolute atomic E-state index is 10.3. The fraction of sp³-hybridized carbons (Fsp3) is 0.647. The van der Waals surface area contributed by atoms with Crippen LogP contribution in [-0.4, -0.2) is 42.7 Å². The lowest BCUT2D eigenvalue weighted by molar-refractivity contribution is 0.174. The van der Waals surface area contributed by atoms with Crippen molar-refractivity contribution in [1.82, 2.24) is 4.90 Å². The predicted molar refractivity (Wildman–Crippen MR) is 85.2 cm³/mol. The zero-order valence-electron chi connectivity index (χ0n) is 13.0. The smallest absolute Gasteiger partial charge is 0.0807 e. The molecular weight excluding hydrogens is 248 g/mol. The molecule has 0 aromatic heterocycles. The van der Waals surface area contributed by atoms with Crippen molar-refractivity contribution >= 4 is 5.69 Å².